The zero-order valence-electron chi connectivity index (χ0n) is 11.3. The van der Waals surface area contributed by atoms with Crippen molar-refractivity contribution in [2.75, 3.05) is 6.54 Å². The van der Waals surface area contributed by atoms with Crippen molar-refractivity contribution in [1.29, 1.82) is 0 Å². The summed E-state index contributed by atoms with van der Waals surface area (Å²) in [6.07, 6.45) is 7.19. The normalized spacial score (nSPS) is 10.4. The summed E-state index contributed by atoms with van der Waals surface area (Å²) in [5.74, 6) is -0.261. The van der Waals surface area contributed by atoms with Gasteiger partial charge < -0.3 is 9.88 Å². The highest BCUT2D eigenvalue weighted by Crippen LogP contribution is 2.06. The molecule has 1 amide bonds. The number of nitrogens with zero attached hydrogens (tertiary/aromatic N) is 2. The van der Waals surface area contributed by atoms with Crippen LogP contribution in [0.3, 0.4) is 0 Å². The molecule has 1 N–H and O–H groups in total. The van der Waals surface area contributed by atoms with Crippen LogP contribution in [0.1, 0.15) is 18.4 Å². The molecule has 0 aliphatic heterocycles. The van der Waals surface area contributed by atoms with Gasteiger partial charge in [-0.2, -0.15) is 0 Å². The Balaban J connectivity index is 1.61. The summed E-state index contributed by atoms with van der Waals surface area (Å²) in [4.78, 5) is 15.6. The van der Waals surface area contributed by atoms with E-state index in [0.717, 1.165) is 18.5 Å². The number of nitrogens with one attached hydrogen (secondary N) is 1. The van der Waals surface area contributed by atoms with Crippen LogP contribution >= 0.6 is 0 Å². The SMILES string of the molecule is O=C(CCc1cccc(F)c1)NCCCn1ccnc1. The molecular formula is C15H18FN3O. The smallest absolute Gasteiger partial charge is 0.220 e. The molecule has 0 radical (unpaired) electrons. The average Bonchev–Trinajstić information content (AvgIpc) is 2.95. The van der Waals surface area contributed by atoms with Gasteiger partial charge in [-0.25, -0.2) is 9.37 Å². The fraction of sp³-hybridized carbons (Fsp3) is 0.333. The summed E-state index contributed by atoms with van der Waals surface area (Å²) in [7, 11) is 0. The first-order chi connectivity index (χ1) is 9.74. The van der Waals surface area contributed by atoms with Crippen LogP contribution in [0, 0.1) is 5.82 Å². The number of carbonyl (C=O) groups is 1. The zero-order chi connectivity index (χ0) is 14.2. The van der Waals surface area contributed by atoms with E-state index in [1.807, 2.05) is 16.8 Å². The monoisotopic (exact) mass is 275 g/mol. The Morgan fingerprint density at radius 2 is 2.30 bits per heavy atom. The average molecular weight is 275 g/mol. The summed E-state index contributed by atoms with van der Waals surface area (Å²) in [5.41, 5.74) is 0.846. The van der Waals surface area contributed by atoms with Crippen molar-refractivity contribution >= 4 is 5.91 Å². The lowest BCUT2D eigenvalue weighted by Crippen LogP contribution is -2.25. The van der Waals surface area contributed by atoms with E-state index < -0.39 is 0 Å². The Hall–Kier alpha value is -2.17. The number of hydrogen-bond donors (Lipinski definition) is 1. The second kappa shape index (κ2) is 7.43. The van der Waals surface area contributed by atoms with Crippen molar-refractivity contribution < 1.29 is 9.18 Å². The summed E-state index contributed by atoms with van der Waals surface area (Å²) in [6.45, 7) is 1.48. The molecule has 20 heavy (non-hydrogen) atoms. The van der Waals surface area contributed by atoms with E-state index in [4.69, 9.17) is 0 Å². The number of carbonyl (C=O) groups excluding carboxylic acids is 1. The Morgan fingerprint density at radius 3 is 3.05 bits per heavy atom. The largest absolute Gasteiger partial charge is 0.356 e. The van der Waals surface area contributed by atoms with Gasteiger partial charge in [-0.05, 0) is 30.5 Å². The van der Waals surface area contributed by atoms with E-state index in [-0.39, 0.29) is 11.7 Å². The highest BCUT2D eigenvalue weighted by Gasteiger charge is 2.02. The van der Waals surface area contributed by atoms with Gasteiger partial charge in [0.2, 0.25) is 5.91 Å². The van der Waals surface area contributed by atoms with Crippen molar-refractivity contribution in [1.82, 2.24) is 14.9 Å². The predicted octanol–water partition coefficient (Wildman–Crippen LogP) is 2.16. The van der Waals surface area contributed by atoms with Crippen LogP contribution in [0.15, 0.2) is 43.0 Å². The molecule has 0 aliphatic carbocycles. The van der Waals surface area contributed by atoms with Gasteiger partial charge >= 0.3 is 0 Å². The Kier molecular flexibility index (Phi) is 5.29. The first-order valence-corrected chi connectivity index (χ1v) is 6.71. The van der Waals surface area contributed by atoms with E-state index in [0.29, 0.717) is 19.4 Å². The van der Waals surface area contributed by atoms with Crippen molar-refractivity contribution in [2.24, 2.45) is 0 Å². The molecule has 1 heterocycles. The fourth-order valence-corrected chi connectivity index (χ4v) is 1.95. The lowest BCUT2D eigenvalue weighted by Gasteiger charge is -2.06. The molecule has 0 atom stereocenters. The van der Waals surface area contributed by atoms with Crippen molar-refractivity contribution in [3.63, 3.8) is 0 Å². The first kappa shape index (κ1) is 14.2. The number of amides is 1. The van der Waals surface area contributed by atoms with Crippen molar-refractivity contribution in [3.8, 4) is 0 Å². The van der Waals surface area contributed by atoms with Crippen LogP contribution in [0.2, 0.25) is 0 Å². The van der Waals surface area contributed by atoms with E-state index in [2.05, 4.69) is 10.3 Å². The van der Waals surface area contributed by atoms with E-state index >= 15 is 0 Å². The molecule has 0 saturated carbocycles. The van der Waals surface area contributed by atoms with Gasteiger partial charge in [-0.1, -0.05) is 12.1 Å². The maximum atomic E-state index is 13.0. The molecule has 106 valence electrons. The van der Waals surface area contributed by atoms with Crippen LogP contribution in [-0.2, 0) is 17.8 Å². The molecule has 4 nitrogen and oxygen atoms in total. The Bertz CT molecular complexity index is 540. The lowest BCUT2D eigenvalue weighted by atomic mass is 10.1. The molecule has 0 aliphatic rings. The van der Waals surface area contributed by atoms with Crippen molar-refractivity contribution in [3.05, 3.63) is 54.4 Å². The molecule has 0 bridgehead atoms. The molecule has 0 spiro atoms. The number of aryl methyl sites for hydroxylation is 2. The van der Waals surface area contributed by atoms with Crippen LogP contribution < -0.4 is 5.32 Å². The lowest BCUT2D eigenvalue weighted by molar-refractivity contribution is -0.121. The topological polar surface area (TPSA) is 46.9 Å². The number of aromatic nitrogens is 2. The van der Waals surface area contributed by atoms with Gasteiger partial charge in [0.15, 0.2) is 0 Å². The molecule has 0 fully saturated rings. The van der Waals surface area contributed by atoms with Gasteiger partial charge in [0.05, 0.1) is 6.33 Å². The van der Waals surface area contributed by atoms with Gasteiger partial charge in [-0.15, -0.1) is 0 Å². The summed E-state index contributed by atoms with van der Waals surface area (Å²) < 4.78 is 14.9. The third kappa shape index (κ3) is 4.84. The number of hydrogen-bond acceptors (Lipinski definition) is 2. The molecule has 2 rings (SSSR count). The Labute approximate surface area is 117 Å². The fourth-order valence-electron chi connectivity index (χ4n) is 1.95. The first-order valence-electron chi connectivity index (χ1n) is 6.71. The van der Waals surface area contributed by atoms with Crippen LogP contribution in [0.5, 0.6) is 0 Å². The summed E-state index contributed by atoms with van der Waals surface area (Å²) in [6, 6.07) is 6.36. The van der Waals surface area contributed by atoms with E-state index in [1.54, 1.807) is 18.6 Å². The van der Waals surface area contributed by atoms with Crippen LogP contribution in [-0.4, -0.2) is 22.0 Å². The van der Waals surface area contributed by atoms with Gasteiger partial charge in [0.1, 0.15) is 5.82 Å². The molecule has 5 heteroatoms. The summed E-state index contributed by atoms with van der Waals surface area (Å²) in [5, 5.41) is 2.86. The number of imidazole rings is 1. The highest BCUT2D eigenvalue weighted by molar-refractivity contribution is 5.76. The van der Waals surface area contributed by atoms with E-state index in [9.17, 15) is 9.18 Å². The maximum absolute atomic E-state index is 13.0. The maximum Gasteiger partial charge on any atom is 0.220 e. The van der Waals surface area contributed by atoms with Crippen LogP contribution in [0.25, 0.3) is 0 Å². The molecule has 0 saturated heterocycles. The molecule has 2 aromatic rings. The number of halogens is 1. The zero-order valence-corrected chi connectivity index (χ0v) is 11.3. The molecule has 1 aromatic heterocycles. The number of rotatable bonds is 7. The van der Waals surface area contributed by atoms with E-state index in [1.165, 1.54) is 12.1 Å². The second-order valence-electron chi connectivity index (χ2n) is 4.63. The molecule has 0 unspecified atom stereocenters. The minimum Gasteiger partial charge on any atom is -0.356 e. The number of benzene rings is 1. The molecular weight excluding hydrogens is 257 g/mol. The third-order valence-corrected chi connectivity index (χ3v) is 3.00. The van der Waals surface area contributed by atoms with Gasteiger partial charge in [0, 0.05) is 31.9 Å². The minimum atomic E-state index is -0.261. The summed E-state index contributed by atoms with van der Waals surface area (Å²) >= 11 is 0. The van der Waals surface area contributed by atoms with Gasteiger partial charge in [-0.3, -0.25) is 4.79 Å². The van der Waals surface area contributed by atoms with Crippen molar-refractivity contribution in [2.45, 2.75) is 25.8 Å². The third-order valence-electron chi connectivity index (χ3n) is 3.00. The predicted molar refractivity (Wildman–Crippen MR) is 74.6 cm³/mol. The van der Waals surface area contributed by atoms with Crippen LogP contribution in [0.4, 0.5) is 4.39 Å². The standard InChI is InChI=1S/C15H18FN3O/c16-14-4-1-3-13(11-14)5-6-15(20)18-7-2-9-19-10-8-17-12-19/h1,3-4,8,10-12H,2,5-7,9H2,(H,18,20). The molecule has 1 aromatic carbocycles. The highest BCUT2D eigenvalue weighted by atomic mass is 19.1. The second-order valence-corrected chi connectivity index (χ2v) is 4.63. The minimum absolute atomic E-state index is 0.0000997. The van der Waals surface area contributed by atoms with Gasteiger partial charge in [0.25, 0.3) is 0 Å². The Morgan fingerprint density at radius 1 is 1.40 bits per heavy atom. The quantitative estimate of drug-likeness (QED) is 0.787.